The van der Waals surface area contributed by atoms with Gasteiger partial charge >= 0.3 is 51.4 Å². The molecule has 34 valence electrons. The van der Waals surface area contributed by atoms with Crippen LogP contribution in [0.5, 0.6) is 0 Å². The van der Waals surface area contributed by atoms with Crippen molar-refractivity contribution in [3.8, 4) is 0 Å². The predicted octanol–water partition coefficient (Wildman–Crippen LogP) is -6.92. The molecule has 0 saturated carbocycles. The van der Waals surface area contributed by atoms with Crippen LogP contribution in [-0.4, -0.2) is 13.0 Å². The monoisotopic (exact) mass is 140 g/mol. The Hall–Kier alpha value is 1.48. The van der Waals surface area contributed by atoms with E-state index >= 15 is 0 Å². The second-order valence-corrected chi connectivity index (χ2v) is 0.714. The number of hydrogen-bond acceptors (Lipinski definition) is 2. The molecule has 0 radical (unpaired) electrons. The second kappa shape index (κ2) is 9.69. The van der Waals surface area contributed by atoms with Gasteiger partial charge in [0.25, 0.3) is 11.0 Å². The number of rotatable bonds is 0. The average Bonchev–Trinajstić information content (AvgIpc) is 0.811. The molecule has 0 spiro atoms. The van der Waals surface area contributed by atoms with Crippen LogP contribution in [0.2, 0.25) is 0 Å². The van der Waals surface area contributed by atoms with Crippen LogP contribution in [-0.2, 0) is 11.0 Å². The molecule has 0 aromatic carbocycles. The minimum Gasteiger partial charge on any atom is -1.00 e. The van der Waals surface area contributed by atoms with Gasteiger partial charge in [0.05, 0.1) is 0 Å². The summed E-state index contributed by atoms with van der Waals surface area (Å²) in [5.74, 6) is 0. The third-order valence-corrected chi connectivity index (χ3v) is 0. The molecule has 0 bridgehead atoms. The minimum absolute atomic E-state index is 0. The summed E-state index contributed by atoms with van der Waals surface area (Å²) < 4.78 is 24.2. The van der Waals surface area contributed by atoms with Crippen molar-refractivity contribution < 1.29 is 69.1 Å². The van der Waals surface area contributed by atoms with Gasteiger partial charge in [-0.25, -0.2) is 8.42 Å². The smallest absolute Gasteiger partial charge is 1.00 e. The maximum atomic E-state index is 8.59. The minimum atomic E-state index is -3.12. The van der Waals surface area contributed by atoms with Crippen LogP contribution < -0.4 is 56.1 Å². The van der Waals surface area contributed by atoms with E-state index in [-0.39, 0.29) is 56.1 Å². The van der Waals surface area contributed by atoms with E-state index in [1.54, 1.807) is 0 Å². The quantitative estimate of drug-likeness (QED) is 0.200. The van der Waals surface area contributed by atoms with Gasteiger partial charge in [0.1, 0.15) is 0 Å². The van der Waals surface area contributed by atoms with Crippen LogP contribution in [0.4, 0.5) is 0 Å². The molecule has 0 aliphatic heterocycles. The first-order valence-corrected chi connectivity index (χ1v) is 1.70. The van der Waals surface area contributed by atoms with Crippen molar-refractivity contribution in [1.29, 1.82) is 0 Å². The van der Waals surface area contributed by atoms with Gasteiger partial charge in [-0.3, -0.25) is 4.55 Å². The fourth-order valence-corrected chi connectivity index (χ4v) is 0. The fraction of sp³-hybridized carbons (Fsp3) is 0. The van der Waals surface area contributed by atoms with Gasteiger partial charge in [-0.2, -0.15) is 0 Å². The van der Waals surface area contributed by atoms with Gasteiger partial charge < -0.3 is 4.70 Å². The first-order chi connectivity index (χ1) is 1.73. The standard InChI is InChI=1S/FH.K.H2O3S/c;;1-4(2)3/h1H;;4H,(H,1,2,3)/q;+1;/p-1. The summed E-state index contributed by atoms with van der Waals surface area (Å²) in [6, 6.07) is 0. The normalized spacial score (nSPS) is 5.67. The Balaban J connectivity index is -0.0000000450. The molecule has 1 N–H and O–H groups in total. The molecular formula is H2FKO3S. The molecule has 0 amide bonds. The topological polar surface area (TPSA) is 54.4 Å². The Morgan fingerprint density at radius 1 is 1.33 bits per heavy atom. The van der Waals surface area contributed by atoms with Crippen molar-refractivity contribution >= 4 is 11.0 Å². The number of thiol groups is 1. The molecule has 0 unspecified atom stereocenters. The third-order valence-electron chi connectivity index (χ3n) is 0. The number of halogens is 1. The first-order valence-electron chi connectivity index (χ1n) is 0.565. The molecule has 0 aliphatic carbocycles. The zero-order chi connectivity index (χ0) is 3.58. The summed E-state index contributed by atoms with van der Waals surface area (Å²) in [7, 11) is -3.12. The molecule has 0 aliphatic rings. The van der Waals surface area contributed by atoms with Gasteiger partial charge in [-0.05, 0) is 0 Å². The Bertz CT molecular complexity index is 59.2. The van der Waals surface area contributed by atoms with Crippen LogP contribution in [0, 0.1) is 0 Å². The Labute approximate surface area is 78.7 Å². The summed E-state index contributed by atoms with van der Waals surface area (Å²) in [6.45, 7) is 0. The van der Waals surface area contributed by atoms with E-state index in [1.165, 1.54) is 0 Å². The molecule has 0 aromatic rings. The van der Waals surface area contributed by atoms with Gasteiger partial charge in [-0.1, -0.05) is 0 Å². The second-order valence-electron chi connectivity index (χ2n) is 0.238. The third kappa shape index (κ3) is 50.3. The van der Waals surface area contributed by atoms with E-state index in [4.69, 9.17) is 13.0 Å². The van der Waals surface area contributed by atoms with Gasteiger partial charge in [0, 0.05) is 0 Å². The summed E-state index contributed by atoms with van der Waals surface area (Å²) >= 11 is 0. The zero-order valence-electron chi connectivity index (χ0n) is 3.09. The van der Waals surface area contributed by atoms with Crippen molar-refractivity contribution in [3.05, 3.63) is 0 Å². The van der Waals surface area contributed by atoms with Crippen molar-refractivity contribution in [2.24, 2.45) is 0 Å². The Kier molecular flexibility index (Phi) is 25.3. The molecule has 3 nitrogen and oxygen atoms in total. The molecule has 0 heterocycles. The van der Waals surface area contributed by atoms with E-state index in [0.717, 1.165) is 0 Å². The van der Waals surface area contributed by atoms with E-state index in [0.29, 0.717) is 0 Å². The molecule has 0 fully saturated rings. The summed E-state index contributed by atoms with van der Waals surface area (Å²) in [5.41, 5.74) is 0. The zero-order valence-corrected chi connectivity index (χ0v) is 7.11. The van der Waals surface area contributed by atoms with Crippen LogP contribution >= 0.6 is 0 Å². The van der Waals surface area contributed by atoms with Crippen LogP contribution in [0.3, 0.4) is 0 Å². The summed E-state index contributed by atoms with van der Waals surface area (Å²) in [6.07, 6.45) is 0. The SMILES string of the molecule is O=[SH](=O)O.[F-].[K+]. The summed E-state index contributed by atoms with van der Waals surface area (Å²) in [5, 5.41) is 0. The maximum absolute atomic E-state index is 8.59. The summed E-state index contributed by atoms with van der Waals surface area (Å²) in [4.78, 5) is 0. The van der Waals surface area contributed by atoms with E-state index < -0.39 is 11.0 Å². The van der Waals surface area contributed by atoms with Crippen molar-refractivity contribution in [2.45, 2.75) is 0 Å². The van der Waals surface area contributed by atoms with E-state index in [9.17, 15) is 0 Å². The molecule has 0 rings (SSSR count). The van der Waals surface area contributed by atoms with Gasteiger partial charge in [0.15, 0.2) is 0 Å². The van der Waals surface area contributed by atoms with Gasteiger partial charge in [-0.15, -0.1) is 0 Å². The van der Waals surface area contributed by atoms with E-state index in [2.05, 4.69) is 0 Å². The van der Waals surface area contributed by atoms with Crippen LogP contribution in [0.1, 0.15) is 0 Å². The van der Waals surface area contributed by atoms with Crippen molar-refractivity contribution in [1.82, 2.24) is 0 Å². The molecule has 0 saturated heterocycles. The molecule has 6 heteroatoms. The predicted molar refractivity (Wildman–Crippen MR) is 12.9 cm³/mol. The van der Waals surface area contributed by atoms with Gasteiger partial charge in [0.2, 0.25) is 0 Å². The molecular weight excluding hydrogens is 138 g/mol. The Morgan fingerprint density at radius 2 is 1.33 bits per heavy atom. The van der Waals surface area contributed by atoms with E-state index in [1.807, 2.05) is 0 Å². The largest absolute Gasteiger partial charge is 1.00 e. The fourth-order valence-electron chi connectivity index (χ4n) is 0. The molecule has 0 aromatic heterocycles. The van der Waals surface area contributed by atoms with Crippen LogP contribution in [0.15, 0.2) is 0 Å². The van der Waals surface area contributed by atoms with Crippen molar-refractivity contribution in [3.63, 3.8) is 0 Å². The number of hydrogen-bond donors (Lipinski definition) is 2. The molecule has 6 heavy (non-hydrogen) atoms. The average molecular weight is 140 g/mol. The Morgan fingerprint density at radius 3 is 1.33 bits per heavy atom. The maximum Gasteiger partial charge on any atom is 1.00 e. The van der Waals surface area contributed by atoms with Crippen molar-refractivity contribution in [2.75, 3.05) is 0 Å². The molecule has 0 atom stereocenters. The van der Waals surface area contributed by atoms with Crippen LogP contribution in [0.25, 0.3) is 0 Å². The first kappa shape index (κ1) is 15.6.